The summed E-state index contributed by atoms with van der Waals surface area (Å²) in [5.74, 6) is 0. The summed E-state index contributed by atoms with van der Waals surface area (Å²) < 4.78 is 0. The Hall–Kier alpha value is -0.450. The van der Waals surface area contributed by atoms with Gasteiger partial charge in [-0.1, -0.05) is 20.8 Å². The van der Waals surface area contributed by atoms with E-state index < -0.39 is 0 Å². The highest BCUT2D eigenvalue weighted by atomic mass is 32.1. The van der Waals surface area contributed by atoms with Crippen LogP contribution in [0, 0.1) is 6.92 Å². The van der Waals surface area contributed by atoms with Gasteiger partial charge in [0, 0.05) is 28.9 Å². The fourth-order valence-corrected chi connectivity index (χ4v) is 4.17. The SMILES string of the molecule is Cc1nc(C(C)(C)C)sc1C(C)NC(C)CN1CCCC1. The maximum Gasteiger partial charge on any atom is 0.0985 e. The van der Waals surface area contributed by atoms with Gasteiger partial charge in [0.25, 0.3) is 0 Å². The Morgan fingerprint density at radius 1 is 1.24 bits per heavy atom. The second-order valence-electron chi connectivity index (χ2n) is 7.52. The summed E-state index contributed by atoms with van der Waals surface area (Å²) >= 11 is 1.87. The topological polar surface area (TPSA) is 28.2 Å². The second kappa shape index (κ2) is 6.76. The Morgan fingerprint density at radius 2 is 1.86 bits per heavy atom. The third kappa shape index (κ3) is 4.51. The van der Waals surface area contributed by atoms with Crippen LogP contribution in [0.3, 0.4) is 0 Å². The Labute approximate surface area is 134 Å². The molecule has 0 radical (unpaired) electrons. The highest BCUT2D eigenvalue weighted by molar-refractivity contribution is 7.12. The van der Waals surface area contributed by atoms with Crippen molar-refractivity contribution in [2.24, 2.45) is 0 Å². The van der Waals surface area contributed by atoms with Gasteiger partial charge in [-0.3, -0.25) is 0 Å². The summed E-state index contributed by atoms with van der Waals surface area (Å²) in [7, 11) is 0. The lowest BCUT2D eigenvalue weighted by atomic mass is 9.98. The van der Waals surface area contributed by atoms with Crippen molar-refractivity contribution >= 4 is 11.3 Å². The average Bonchev–Trinajstić information content (AvgIpc) is 2.97. The van der Waals surface area contributed by atoms with E-state index in [1.807, 2.05) is 11.3 Å². The van der Waals surface area contributed by atoms with Crippen LogP contribution in [-0.2, 0) is 5.41 Å². The van der Waals surface area contributed by atoms with Gasteiger partial charge in [0.2, 0.25) is 0 Å². The number of nitrogens with one attached hydrogen (secondary N) is 1. The van der Waals surface area contributed by atoms with Gasteiger partial charge in [-0.05, 0) is 46.7 Å². The van der Waals surface area contributed by atoms with Crippen LogP contribution in [0.2, 0.25) is 0 Å². The molecule has 0 spiro atoms. The molecule has 120 valence electrons. The molecule has 0 aromatic carbocycles. The van der Waals surface area contributed by atoms with E-state index >= 15 is 0 Å². The molecule has 0 saturated carbocycles. The molecule has 0 bridgehead atoms. The lowest BCUT2D eigenvalue weighted by molar-refractivity contribution is 0.289. The molecule has 1 N–H and O–H groups in total. The molecule has 1 aromatic rings. The fourth-order valence-electron chi connectivity index (χ4n) is 3.04. The second-order valence-corrected chi connectivity index (χ2v) is 8.55. The van der Waals surface area contributed by atoms with Crippen molar-refractivity contribution in [3.05, 3.63) is 15.6 Å². The van der Waals surface area contributed by atoms with Crippen molar-refractivity contribution in [2.75, 3.05) is 19.6 Å². The molecule has 2 atom stereocenters. The van der Waals surface area contributed by atoms with Crippen LogP contribution in [0.5, 0.6) is 0 Å². The van der Waals surface area contributed by atoms with E-state index in [0.29, 0.717) is 12.1 Å². The van der Waals surface area contributed by atoms with E-state index in [4.69, 9.17) is 4.98 Å². The maximum absolute atomic E-state index is 4.78. The normalized spacial score (nSPS) is 19.9. The Kier molecular flexibility index (Phi) is 5.44. The summed E-state index contributed by atoms with van der Waals surface area (Å²) in [5.41, 5.74) is 1.34. The summed E-state index contributed by atoms with van der Waals surface area (Å²) in [6.07, 6.45) is 2.73. The molecule has 2 heterocycles. The number of hydrogen-bond donors (Lipinski definition) is 1. The number of rotatable bonds is 5. The third-order valence-corrected chi connectivity index (χ3v) is 5.90. The van der Waals surface area contributed by atoms with E-state index in [1.54, 1.807) is 0 Å². The fraction of sp³-hybridized carbons (Fsp3) is 0.824. The van der Waals surface area contributed by atoms with Gasteiger partial charge >= 0.3 is 0 Å². The van der Waals surface area contributed by atoms with Crippen molar-refractivity contribution in [1.29, 1.82) is 0 Å². The quantitative estimate of drug-likeness (QED) is 0.894. The van der Waals surface area contributed by atoms with Gasteiger partial charge in [-0.2, -0.15) is 0 Å². The number of nitrogens with zero attached hydrogens (tertiary/aromatic N) is 2. The predicted octanol–water partition coefficient (Wildman–Crippen LogP) is 3.88. The summed E-state index contributed by atoms with van der Waals surface area (Å²) in [5, 5.41) is 5.00. The highest BCUT2D eigenvalue weighted by Gasteiger charge is 2.23. The zero-order valence-electron chi connectivity index (χ0n) is 14.5. The Bertz CT molecular complexity index is 455. The largest absolute Gasteiger partial charge is 0.306 e. The number of likely N-dealkylation sites (tertiary alicyclic amines) is 1. The Morgan fingerprint density at radius 3 is 2.38 bits per heavy atom. The average molecular weight is 310 g/mol. The van der Waals surface area contributed by atoms with Gasteiger partial charge in [0.15, 0.2) is 0 Å². The van der Waals surface area contributed by atoms with Crippen LogP contribution in [0.25, 0.3) is 0 Å². The first kappa shape index (κ1) is 16.9. The van der Waals surface area contributed by atoms with E-state index in [1.165, 1.54) is 41.5 Å². The molecule has 1 saturated heterocycles. The predicted molar refractivity (Wildman–Crippen MR) is 92.2 cm³/mol. The molecule has 21 heavy (non-hydrogen) atoms. The van der Waals surface area contributed by atoms with Crippen LogP contribution in [0.15, 0.2) is 0 Å². The molecule has 2 unspecified atom stereocenters. The van der Waals surface area contributed by atoms with E-state index in [2.05, 4.69) is 51.8 Å². The van der Waals surface area contributed by atoms with Crippen molar-refractivity contribution < 1.29 is 0 Å². The zero-order chi connectivity index (χ0) is 15.6. The third-order valence-electron chi connectivity index (χ3n) is 4.13. The number of hydrogen-bond acceptors (Lipinski definition) is 4. The van der Waals surface area contributed by atoms with Crippen LogP contribution in [-0.4, -0.2) is 35.6 Å². The highest BCUT2D eigenvalue weighted by Crippen LogP contribution is 2.32. The molecule has 2 rings (SSSR count). The van der Waals surface area contributed by atoms with Crippen molar-refractivity contribution in [1.82, 2.24) is 15.2 Å². The van der Waals surface area contributed by atoms with Gasteiger partial charge in [-0.25, -0.2) is 4.98 Å². The molecule has 0 aliphatic carbocycles. The first-order valence-corrected chi connectivity index (χ1v) is 9.05. The monoisotopic (exact) mass is 309 g/mol. The molecular weight excluding hydrogens is 278 g/mol. The summed E-state index contributed by atoms with van der Waals surface area (Å²) in [4.78, 5) is 8.75. The lowest BCUT2D eigenvalue weighted by Gasteiger charge is -2.24. The zero-order valence-corrected chi connectivity index (χ0v) is 15.3. The lowest BCUT2D eigenvalue weighted by Crippen LogP contribution is -2.39. The molecule has 1 fully saturated rings. The van der Waals surface area contributed by atoms with Crippen molar-refractivity contribution in [2.45, 2.75) is 71.9 Å². The van der Waals surface area contributed by atoms with Gasteiger partial charge in [0.1, 0.15) is 0 Å². The number of aromatic nitrogens is 1. The molecule has 0 amide bonds. The van der Waals surface area contributed by atoms with Gasteiger partial charge < -0.3 is 10.2 Å². The van der Waals surface area contributed by atoms with Gasteiger partial charge in [-0.15, -0.1) is 11.3 Å². The smallest absolute Gasteiger partial charge is 0.0985 e. The molecule has 4 heteroatoms. The van der Waals surface area contributed by atoms with E-state index in [-0.39, 0.29) is 5.41 Å². The van der Waals surface area contributed by atoms with Crippen LogP contribution in [0.1, 0.15) is 69.1 Å². The molecular formula is C17H31N3S. The van der Waals surface area contributed by atoms with Crippen molar-refractivity contribution in [3.8, 4) is 0 Å². The molecule has 3 nitrogen and oxygen atoms in total. The van der Waals surface area contributed by atoms with Crippen LogP contribution >= 0.6 is 11.3 Å². The minimum absolute atomic E-state index is 0.147. The van der Waals surface area contributed by atoms with Crippen molar-refractivity contribution in [3.63, 3.8) is 0 Å². The molecule has 1 aliphatic heterocycles. The maximum atomic E-state index is 4.78. The van der Waals surface area contributed by atoms with Crippen LogP contribution < -0.4 is 5.32 Å². The van der Waals surface area contributed by atoms with Gasteiger partial charge in [0.05, 0.1) is 10.7 Å². The minimum Gasteiger partial charge on any atom is -0.306 e. The first-order chi connectivity index (χ1) is 9.77. The number of thiazole rings is 1. The van der Waals surface area contributed by atoms with E-state index in [0.717, 1.165) is 6.54 Å². The molecule has 1 aromatic heterocycles. The summed E-state index contributed by atoms with van der Waals surface area (Å²) in [6, 6.07) is 0.911. The first-order valence-electron chi connectivity index (χ1n) is 8.23. The Balaban J connectivity index is 1.96. The van der Waals surface area contributed by atoms with E-state index in [9.17, 15) is 0 Å². The minimum atomic E-state index is 0.147. The molecule has 1 aliphatic rings. The summed E-state index contributed by atoms with van der Waals surface area (Å²) in [6.45, 7) is 17.1. The van der Waals surface area contributed by atoms with Crippen LogP contribution in [0.4, 0.5) is 0 Å². The number of aryl methyl sites for hydroxylation is 1. The standard InChI is InChI=1S/C17H31N3S/c1-12(11-20-9-7-8-10-20)18-13(2)15-14(3)19-16(21-15)17(4,5)6/h12-13,18H,7-11H2,1-6H3.